The van der Waals surface area contributed by atoms with Crippen LogP contribution in [-0.2, 0) is 6.54 Å². The summed E-state index contributed by atoms with van der Waals surface area (Å²) in [6, 6.07) is 6.83. The Morgan fingerprint density at radius 2 is 1.96 bits per heavy atom. The van der Waals surface area contributed by atoms with Crippen molar-refractivity contribution < 1.29 is 9.90 Å². The maximum Gasteiger partial charge on any atom is 0.326 e. The highest BCUT2D eigenvalue weighted by Crippen LogP contribution is 2.34. The van der Waals surface area contributed by atoms with E-state index in [0.29, 0.717) is 30.6 Å². The third-order valence-corrected chi connectivity index (χ3v) is 5.40. The minimum atomic E-state index is -0.0652. The molecule has 2 aromatic heterocycles. The van der Waals surface area contributed by atoms with E-state index in [4.69, 9.17) is 0 Å². The molecule has 0 atom stereocenters. The van der Waals surface area contributed by atoms with Crippen molar-refractivity contribution in [1.82, 2.24) is 25.1 Å². The van der Waals surface area contributed by atoms with Crippen LogP contribution in [-0.4, -0.2) is 49.3 Å². The maximum absolute atomic E-state index is 12.8. The van der Waals surface area contributed by atoms with Crippen LogP contribution in [0.1, 0.15) is 17.1 Å². The zero-order chi connectivity index (χ0) is 18.3. The number of phenolic OH excluding ortho intramolecular Hbond substituents is 1. The van der Waals surface area contributed by atoms with E-state index in [-0.39, 0.29) is 11.8 Å². The molecule has 1 aromatic carbocycles. The van der Waals surface area contributed by atoms with Gasteiger partial charge in [0.15, 0.2) is 11.0 Å². The van der Waals surface area contributed by atoms with Crippen LogP contribution in [0.15, 0.2) is 24.3 Å². The van der Waals surface area contributed by atoms with Crippen molar-refractivity contribution in [2.45, 2.75) is 20.4 Å². The number of rotatable bonds is 4. The summed E-state index contributed by atoms with van der Waals surface area (Å²) in [6.45, 7) is 5.48. The second kappa shape index (κ2) is 6.41. The van der Waals surface area contributed by atoms with Crippen LogP contribution in [0, 0.1) is 13.8 Å². The number of aromatic amines is 1. The molecule has 2 N–H and O–H groups in total. The average molecular weight is 370 g/mol. The number of aromatic nitrogens is 4. The Hall–Kier alpha value is -2.94. The van der Waals surface area contributed by atoms with E-state index in [1.807, 2.05) is 26.0 Å². The number of urea groups is 1. The largest absolute Gasteiger partial charge is 0.508 e. The van der Waals surface area contributed by atoms with Crippen LogP contribution in [0.5, 0.6) is 5.75 Å². The summed E-state index contributed by atoms with van der Waals surface area (Å²) in [7, 11) is 0. The summed E-state index contributed by atoms with van der Waals surface area (Å²) in [6.07, 6.45) is 0. The average Bonchev–Trinajstić information content (AvgIpc) is 3.30. The van der Waals surface area contributed by atoms with Gasteiger partial charge in [-0.25, -0.2) is 14.8 Å². The first kappa shape index (κ1) is 16.5. The van der Waals surface area contributed by atoms with Gasteiger partial charge in [0.1, 0.15) is 11.6 Å². The minimum absolute atomic E-state index is 0.0652. The van der Waals surface area contributed by atoms with Gasteiger partial charge in [0.25, 0.3) is 0 Å². The molecule has 4 rings (SSSR count). The van der Waals surface area contributed by atoms with Crippen molar-refractivity contribution >= 4 is 22.5 Å². The molecule has 3 heterocycles. The van der Waals surface area contributed by atoms with Gasteiger partial charge >= 0.3 is 6.03 Å². The number of benzene rings is 1. The van der Waals surface area contributed by atoms with Crippen molar-refractivity contribution in [1.29, 1.82) is 0 Å². The predicted octanol–water partition coefficient (Wildman–Crippen LogP) is 2.69. The molecule has 1 saturated heterocycles. The van der Waals surface area contributed by atoms with Gasteiger partial charge in [-0.15, -0.1) is 0 Å². The van der Waals surface area contributed by atoms with Crippen molar-refractivity contribution in [2.75, 3.05) is 18.0 Å². The number of hydrogen-bond donors (Lipinski definition) is 2. The van der Waals surface area contributed by atoms with Crippen LogP contribution in [0.4, 0.5) is 9.93 Å². The molecule has 3 aromatic rings. The second-order valence-electron chi connectivity index (χ2n) is 6.18. The molecule has 26 heavy (non-hydrogen) atoms. The molecule has 1 aliphatic heterocycles. The number of aromatic hydroxyl groups is 1. The van der Waals surface area contributed by atoms with Crippen LogP contribution in [0.25, 0.3) is 10.7 Å². The van der Waals surface area contributed by atoms with Crippen molar-refractivity contribution in [3.8, 4) is 16.5 Å². The highest BCUT2D eigenvalue weighted by atomic mass is 32.1. The van der Waals surface area contributed by atoms with Crippen LogP contribution in [0.3, 0.4) is 0 Å². The summed E-state index contributed by atoms with van der Waals surface area (Å²) >= 11 is 1.43. The molecular weight excluding hydrogens is 352 g/mol. The SMILES string of the molecule is Cc1nc(-c2sc(N3CCN(Cc4ccc(O)cc4)C3=O)nc2C)n[nH]1. The highest BCUT2D eigenvalue weighted by molar-refractivity contribution is 7.19. The van der Waals surface area contributed by atoms with Gasteiger partial charge in [-0.3, -0.25) is 10.00 Å². The Balaban J connectivity index is 1.52. The third kappa shape index (κ3) is 3.01. The molecule has 0 saturated carbocycles. The lowest BCUT2D eigenvalue weighted by molar-refractivity contribution is 0.219. The Kier molecular flexibility index (Phi) is 4.08. The van der Waals surface area contributed by atoms with Gasteiger partial charge in [-0.2, -0.15) is 5.10 Å². The first-order valence-corrected chi connectivity index (χ1v) is 9.04. The lowest BCUT2D eigenvalue weighted by Gasteiger charge is -2.17. The van der Waals surface area contributed by atoms with Crippen LogP contribution in [0.2, 0.25) is 0 Å². The summed E-state index contributed by atoms with van der Waals surface area (Å²) in [5.74, 6) is 1.57. The van der Waals surface area contributed by atoms with Crippen LogP contribution >= 0.6 is 11.3 Å². The monoisotopic (exact) mass is 370 g/mol. The van der Waals surface area contributed by atoms with Crippen molar-refractivity contribution in [3.05, 3.63) is 41.3 Å². The minimum Gasteiger partial charge on any atom is -0.508 e. The fraction of sp³-hybridized carbons (Fsp3) is 0.294. The van der Waals surface area contributed by atoms with Crippen LogP contribution < -0.4 is 4.90 Å². The van der Waals surface area contributed by atoms with Gasteiger partial charge in [0.05, 0.1) is 10.6 Å². The highest BCUT2D eigenvalue weighted by Gasteiger charge is 2.32. The normalized spacial score (nSPS) is 14.5. The number of carbonyl (C=O) groups is 1. The van der Waals surface area contributed by atoms with E-state index in [1.165, 1.54) is 11.3 Å². The number of H-pyrrole nitrogens is 1. The first-order valence-electron chi connectivity index (χ1n) is 8.22. The zero-order valence-electron chi connectivity index (χ0n) is 14.4. The molecule has 134 valence electrons. The Morgan fingerprint density at radius 3 is 2.65 bits per heavy atom. The van der Waals surface area contributed by atoms with E-state index in [0.717, 1.165) is 22.0 Å². The molecule has 2 amide bonds. The zero-order valence-corrected chi connectivity index (χ0v) is 15.2. The molecular formula is C17H18N6O2S. The number of anilines is 1. The molecule has 0 bridgehead atoms. The number of nitrogens with one attached hydrogen (secondary N) is 1. The summed E-state index contributed by atoms with van der Waals surface area (Å²) in [4.78, 5) is 26.0. The summed E-state index contributed by atoms with van der Waals surface area (Å²) in [5, 5.41) is 17.1. The smallest absolute Gasteiger partial charge is 0.326 e. The number of phenols is 1. The summed E-state index contributed by atoms with van der Waals surface area (Å²) in [5.41, 5.74) is 1.79. The number of thiazole rings is 1. The Morgan fingerprint density at radius 1 is 1.19 bits per heavy atom. The van der Waals surface area contributed by atoms with E-state index in [1.54, 1.807) is 21.9 Å². The van der Waals surface area contributed by atoms with Gasteiger partial charge in [0.2, 0.25) is 0 Å². The van der Waals surface area contributed by atoms with Gasteiger partial charge in [-0.1, -0.05) is 23.5 Å². The number of carbonyl (C=O) groups excluding carboxylic acids is 1. The van der Waals surface area contributed by atoms with E-state index < -0.39 is 0 Å². The van der Waals surface area contributed by atoms with Gasteiger partial charge in [-0.05, 0) is 31.5 Å². The molecule has 1 aliphatic rings. The molecule has 9 heteroatoms. The first-order chi connectivity index (χ1) is 12.5. The van der Waals surface area contributed by atoms with E-state index in [2.05, 4.69) is 20.2 Å². The number of hydrogen-bond acceptors (Lipinski definition) is 6. The van der Waals surface area contributed by atoms with E-state index >= 15 is 0 Å². The maximum atomic E-state index is 12.8. The molecule has 1 fully saturated rings. The standard InChI is InChI=1S/C17H18N6O2S/c1-10-14(15-19-11(2)20-21-15)26-16(18-10)23-8-7-22(17(23)25)9-12-3-5-13(24)6-4-12/h3-6,24H,7-9H2,1-2H3,(H,19,20,21). The fourth-order valence-corrected chi connectivity index (χ4v) is 3.90. The van der Waals surface area contributed by atoms with Gasteiger partial charge in [0, 0.05) is 19.6 Å². The third-order valence-electron chi connectivity index (χ3n) is 4.22. The quantitative estimate of drug-likeness (QED) is 0.736. The van der Waals surface area contributed by atoms with E-state index in [9.17, 15) is 9.90 Å². The number of aryl methyl sites for hydroxylation is 2. The topological polar surface area (TPSA) is 98.2 Å². The number of amides is 2. The molecule has 8 nitrogen and oxygen atoms in total. The van der Waals surface area contributed by atoms with Crippen molar-refractivity contribution in [3.63, 3.8) is 0 Å². The molecule has 0 aliphatic carbocycles. The Bertz CT molecular complexity index is 949. The Labute approximate surface area is 154 Å². The summed E-state index contributed by atoms with van der Waals surface area (Å²) < 4.78 is 0. The lowest BCUT2D eigenvalue weighted by atomic mass is 10.2. The fourth-order valence-electron chi connectivity index (χ4n) is 2.88. The van der Waals surface area contributed by atoms with Gasteiger partial charge < -0.3 is 10.0 Å². The molecule has 0 unspecified atom stereocenters. The molecule has 0 spiro atoms. The predicted molar refractivity (Wildman–Crippen MR) is 98.2 cm³/mol. The second-order valence-corrected chi connectivity index (χ2v) is 7.16. The number of nitrogens with zero attached hydrogens (tertiary/aromatic N) is 5. The lowest BCUT2D eigenvalue weighted by Crippen LogP contribution is -2.31. The molecule has 0 radical (unpaired) electrons. The van der Waals surface area contributed by atoms with Crippen molar-refractivity contribution in [2.24, 2.45) is 0 Å².